The molecule has 1 saturated carbocycles. The zero-order valence-corrected chi connectivity index (χ0v) is 13.5. The second kappa shape index (κ2) is 5.61. The van der Waals surface area contributed by atoms with E-state index in [2.05, 4.69) is 20.2 Å². The van der Waals surface area contributed by atoms with E-state index in [1.807, 2.05) is 0 Å². The van der Waals surface area contributed by atoms with Gasteiger partial charge in [0, 0.05) is 43.8 Å². The van der Waals surface area contributed by atoms with Crippen molar-refractivity contribution < 1.29 is 22.3 Å². The molecule has 0 saturated heterocycles. The summed E-state index contributed by atoms with van der Waals surface area (Å²) >= 11 is 0. The highest BCUT2D eigenvalue weighted by Crippen LogP contribution is 2.39. The van der Waals surface area contributed by atoms with Crippen LogP contribution in [0.2, 0.25) is 0 Å². The van der Waals surface area contributed by atoms with E-state index >= 15 is 0 Å². The molecule has 0 spiro atoms. The SMILES string of the molecule is CC(F)(F)c1nnc2cnc(-c3ccc(OC4CC(F)(F)C4)nc3)cn12. The van der Waals surface area contributed by atoms with E-state index in [-0.39, 0.29) is 24.4 Å². The summed E-state index contributed by atoms with van der Waals surface area (Å²) in [5, 5.41) is 7.17. The average molecular weight is 367 g/mol. The number of hydrogen-bond acceptors (Lipinski definition) is 5. The molecule has 3 heterocycles. The number of nitrogens with zero attached hydrogens (tertiary/aromatic N) is 5. The molecule has 0 radical (unpaired) electrons. The topological polar surface area (TPSA) is 65.2 Å². The van der Waals surface area contributed by atoms with Crippen LogP contribution in [0, 0.1) is 0 Å². The molecule has 4 rings (SSSR count). The Hall–Kier alpha value is -2.78. The van der Waals surface area contributed by atoms with Crippen LogP contribution in [-0.4, -0.2) is 36.6 Å². The molecule has 136 valence electrons. The van der Waals surface area contributed by atoms with Crippen molar-refractivity contribution in [2.24, 2.45) is 0 Å². The van der Waals surface area contributed by atoms with Crippen molar-refractivity contribution in [2.75, 3.05) is 0 Å². The fourth-order valence-corrected chi connectivity index (χ4v) is 2.71. The first kappa shape index (κ1) is 16.7. The summed E-state index contributed by atoms with van der Waals surface area (Å²) in [6, 6.07) is 3.15. The number of hydrogen-bond donors (Lipinski definition) is 0. The Balaban J connectivity index is 1.57. The van der Waals surface area contributed by atoms with Gasteiger partial charge in [-0.3, -0.25) is 9.38 Å². The van der Waals surface area contributed by atoms with Crippen LogP contribution in [0.1, 0.15) is 25.6 Å². The van der Waals surface area contributed by atoms with E-state index in [0.29, 0.717) is 11.3 Å². The quantitative estimate of drug-likeness (QED) is 0.661. The normalized spacial score (nSPS) is 17.3. The summed E-state index contributed by atoms with van der Waals surface area (Å²) in [5.41, 5.74) is 1.14. The van der Waals surface area contributed by atoms with Crippen LogP contribution < -0.4 is 4.74 Å². The molecule has 0 aromatic carbocycles. The lowest BCUT2D eigenvalue weighted by Gasteiger charge is -2.34. The van der Waals surface area contributed by atoms with E-state index in [4.69, 9.17) is 4.74 Å². The smallest absolute Gasteiger partial charge is 0.304 e. The Morgan fingerprint density at radius 2 is 1.92 bits per heavy atom. The molecule has 3 aromatic heterocycles. The maximum absolute atomic E-state index is 13.6. The van der Waals surface area contributed by atoms with Gasteiger partial charge in [0.15, 0.2) is 5.65 Å². The minimum Gasteiger partial charge on any atom is -0.474 e. The molecule has 1 aliphatic rings. The van der Waals surface area contributed by atoms with Crippen LogP contribution in [-0.2, 0) is 5.92 Å². The fourth-order valence-electron chi connectivity index (χ4n) is 2.71. The Morgan fingerprint density at radius 3 is 2.54 bits per heavy atom. The number of halogens is 4. The van der Waals surface area contributed by atoms with Crippen molar-refractivity contribution in [1.29, 1.82) is 0 Å². The Labute approximate surface area is 144 Å². The zero-order chi connectivity index (χ0) is 18.5. The Kier molecular flexibility index (Phi) is 3.60. The van der Waals surface area contributed by atoms with Crippen molar-refractivity contribution in [2.45, 2.75) is 37.7 Å². The average Bonchev–Trinajstić information content (AvgIpc) is 2.97. The zero-order valence-electron chi connectivity index (χ0n) is 13.5. The van der Waals surface area contributed by atoms with Gasteiger partial charge in [-0.1, -0.05) is 0 Å². The predicted molar refractivity (Wildman–Crippen MR) is 82.2 cm³/mol. The molecule has 0 amide bonds. The summed E-state index contributed by atoms with van der Waals surface area (Å²) in [4.78, 5) is 8.23. The summed E-state index contributed by atoms with van der Waals surface area (Å²) in [7, 11) is 0. The van der Waals surface area contributed by atoms with E-state index in [0.717, 1.165) is 6.92 Å². The van der Waals surface area contributed by atoms with E-state index in [1.165, 1.54) is 29.1 Å². The minimum absolute atomic E-state index is 0.198. The highest BCUT2D eigenvalue weighted by atomic mass is 19.3. The molecule has 0 bridgehead atoms. The third kappa shape index (κ3) is 3.06. The Bertz CT molecular complexity index is 943. The number of ether oxygens (including phenoxy) is 1. The highest BCUT2D eigenvalue weighted by molar-refractivity contribution is 5.59. The molecule has 0 N–H and O–H groups in total. The van der Waals surface area contributed by atoms with Gasteiger partial charge < -0.3 is 4.74 Å². The highest BCUT2D eigenvalue weighted by Gasteiger charge is 2.47. The predicted octanol–water partition coefficient (Wildman–Crippen LogP) is 3.47. The van der Waals surface area contributed by atoms with Gasteiger partial charge in [-0.25, -0.2) is 13.8 Å². The second-order valence-corrected chi connectivity index (χ2v) is 6.30. The first-order valence-corrected chi connectivity index (χ1v) is 7.81. The van der Waals surface area contributed by atoms with Gasteiger partial charge >= 0.3 is 5.92 Å². The molecule has 1 aliphatic carbocycles. The lowest BCUT2D eigenvalue weighted by Crippen LogP contribution is -2.43. The molecule has 10 heteroatoms. The Morgan fingerprint density at radius 1 is 1.15 bits per heavy atom. The van der Waals surface area contributed by atoms with Crippen LogP contribution in [0.3, 0.4) is 0 Å². The molecule has 1 fully saturated rings. The van der Waals surface area contributed by atoms with Crippen molar-refractivity contribution in [3.05, 3.63) is 36.5 Å². The van der Waals surface area contributed by atoms with E-state index in [9.17, 15) is 17.6 Å². The van der Waals surface area contributed by atoms with Gasteiger partial charge in [0.05, 0.1) is 11.9 Å². The summed E-state index contributed by atoms with van der Waals surface area (Å²) < 4.78 is 59.4. The van der Waals surface area contributed by atoms with Gasteiger partial charge in [-0.15, -0.1) is 10.2 Å². The van der Waals surface area contributed by atoms with Gasteiger partial charge in [-0.2, -0.15) is 8.78 Å². The van der Waals surface area contributed by atoms with Gasteiger partial charge in [0.1, 0.15) is 6.10 Å². The fraction of sp³-hybridized carbons (Fsp3) is 0.375. The summed E-state index contributed by atoms with van der Waals surface area (Å²) in [5.74, 6) is -6.09. The number of pyridine rings is 1. The second-order valence-electron chi connectivity index (χ2n) is 6.30. The molecular weight excluding hydrogens is 354 g/mol. The van der Waals surface area contributed by atoms with Crippen LogP contribution in [0.4, 0.5) is 17.6 Å². The van der Waals surface area contributed by atoms with Crippen molar-refractivity contribution >= 4 is 5.65 Å². The molecule has 26 heavy (non-hydrogen) atoms. The van der Waals surface area contributed by atoms with Crippen LogP contribution in [0.25, 0.3) is 16.9 Å². The van der Waals surface area contributed by atoms with Crippen molar-refractivity contribution in [1.82, 2.24) is 24.6 Å². The largest absolute Gasteiger partial charge is 0.474 e. The summed E-state index contributed by atoms with van der Waals surface area (Å²) in [6.07, 6.45) is 2.97. The third-order valence-electron chi connectivity index (χ3n) is 4.06. The lowest BCUT2D eigenvalue weighted by molar-refractivity contribution is -0.135. The first-order valence-electron chi connectivity index (χ1n) is 7.81. The maximum Gasteiger partial charge on any atom is 0.304 e. The number of aromatic nitrogens is 5. The molecule has 0 unspecified atom stereocenters. The van der Waals surface area contributed by atoms with Crippen LogP contribution >= 0.6 is 0 Å². The molecule has 0 aliphatic heterocycles. The lowest BCUT2D eigenvalue weighted by atomic mass is 9.91. The van der Waals surface area contributed by atoms with Crippen molar-refractivity contribution in [3.63, 3.8) is 0 Å². The monoisotopic (exact) mass is 367 g/mol. The van der Waals surface area contributed by atoms with Crippen molar-refractivity contribution in [3.8, 4) is 17.1 Å². The van der Waals surface area contributed by atoms with Crippen LogP contribution in [0.15, 0.2) is 30.7 Å². The maximum atomic E-state index is 13.6. The van der Waals surface area contributed by atoms with E-state index in [1.54, 1.807) is 6.07 Å². The van der Waals surface area contributed by atoms with Crippen LogP contribution in [0.5, 0.6) is 5.88 Å². The molecule has 3 aromatic rings. The first-order chi connectivity index (χ1) is 12.2. The minimum atomic E-state index is -3.15. The van der Waals surface area contributed by atoms with E-state index < -0.39 is 23.8 Å². The van der Waals surface area contributed by atoms with Gasteiger partial charge in [-0.05, 0) is 6.07 Å². The number of fused-ring (bicyclic) bond motifs is 1. The number of rotatable bonds is 4. The third-order valence-corrected chi connectivity index (χ3v) is 4.06. The molecule has 0 atom stereocenters. The number of alkyl halides is 4. The molecule has 6 nitrogen and oxygen atoms in total. The van der Waals surface area contributed by atoms with Gasteiger partial charge in [0.25, 0.3) is 5.92 Å². The summed E-state index contributed by atoms with van der Waals surface area (Å²) in [6.45, 7) is 0.737. The molecular formula is C16H13F4N5O. The standard InChI is InChI=1S/C16H13F4N5O/c1-15(17,18)14-24-23-12-7-21-11(8-25(12)14)9-2-3-13(22-6-9)26-10-4-16(19,20)5-10/h2-3,6-8,10H,4-5H2,1H3. The van der Waals surface area contributed by atoms with Gasteiger partial charge in [0.2, 0.25) is 11.7 Å².